The highest BCUT2D eigenvalue weighted by atomic mass is 16.5. The van der Waals surface area contributed by atoms with Gasteiger partial charge in [0.15, 0.2) is 11.5 Å². The van der Waals surface area contributed by atoms with Gasteiger partial charge >= 0.3 is 0 Å². The van der Waals surface area contributed by atoms with Crippen molar-refractivity contribution in [3.63, 3.8) is 0 Å². The zero-order valence-electron chi connectivity index (χ0n) is 16.1. The Morgan fingerprint density at radius 2 is 1.84 bits per heavy atom. The number of amides is 2. The van der Waals surface area contributed by atoms with Gasteiger partial charge in [-0.3, -0.25) is 9.59 Å². The van der Waals surface area contributed by atoms with Gasteiger partial charge in [-0.1, -0.05) is 12.2 Å². The van der Waals surface area contributed by atoms with Crippen LogP contribution in [0.2, 0.25) is 0 Å². The fraction of sp³-hybridized carbons (Fsp3) is 0.474. The standard InChI is InChI=1S/C19H28N2O4/c1-8-9-13-10-14(11-15(24-6)17(13)25-7)18(23)21(5)12-16(22)20-19(2,3)4/h8-11H,12H2,1-7H3,(H,20,22). The van der Waals surface area contributed by atoms with Crippen LogP contribution in [0, 0.1) is 0 Å². The maximum Gasteiger partial charge on any atom is 0.254 e. The summed E-state index contributed by atoms with van der Waals surface area (Å²) in [6.45, 7) is 7.53. The van der Waals surface area contributed by atoms with Crippen molar-refractivity contribution in [2.24, 2.45) is 0 Å². The van der Waals surface area contributed by atoms with Gasteiger partial charge in [0.2, 0.25) is 5.91 Å². The summed E-state index contributed by atoms with van der Waals surface area (Å²) in [5.41, 5.74) is 0.820. The molecule has 1 aromatic carbocycles. The predicted octanol–water partition coefficient (Wildman–Crippen LogP) is 2.72. The first kappa shape index (κ1) is 20.5. The van der Waals surface area contributed by atoms with E-state index < -0.39 is 0 Å². The van der Waals surface area contributed by atoms with E-state index in [9.17, 15) is 9.59 Å². The van der Waals surface area contributed by atoms with E-state index in [0.717, 1.165) is 5.56 Å². The number of ether oxygens (including phenoxy) is 2. The van der Waals surface area contributed by atoms with Crippen LogP contribution < -0.4 is 14.8 Å². The van der Waals surface area contributed by atoms with Crippen LogP contribution in [0.25, 0.3) is 6.08 Å². The minimum absolute atomic E-state index is 0.0244. The number of allylic oxidation sites excluding steroid dienone is 1. The van der Waals surface area contributed by atoms with Crippen LogP contribution in [-0.2, 0) is 4.79 Å². The fourth-order valence-electron chi connectivity index (χ4n) is 2.39. The molecule has 0 aliphatic rings. The summed E-state index contributed by atoms with van der Waals surface area (Å²) in [5.74, 6) is 0.549. The third-order valence-electron chi connectivity index (χ3n) is 3.34. The predicted molar refractivity (Wildman–Crippen MR) is 99.1 cm³/mol. The van der Waals surface area contributed by atoms with Crippen LogP contribution in [-0.4, -0.2) is 50.1 Å². The SMILES string of the molecule is CC=Cc1cc(C(=O)N(C)CC(=O)NC(C)(C)C)cc(OC)c1OC. The molecule has 25 heavy (non-hydrogen) atoms. The van der Waals surface area contributed by atoms with Crippen LogP contribution in [0.4, 0.5) is 0 Å². The first-order chi connectivity index (χ1) is 11.6. The van der Waals surface area contributed by atoms with E-state index in [-0.39, 0.29) is 23.9 Å². The first-order valence-electron chi connectivity index (χ1n) is 8.08. The van der Waals surface area contributed by atoms with Gasteiger partial charge in [0.1, 0.15) is 0 Å². The van der Waals surface area contributed by atoms with Crippen molar-refractivity contribution in [2.45, 2.75) is 33.2 Å². The highest BCUT2D eigenvalue weighted by Crippen LogP contribution is 2.33. The van der Waals surface area contributed by atoms with Crippen LogP contribution in [0.15, 0.2) is 18.2 Å². The third-order valence-corrected chi connectivity index (χ3v) is 3.34. The van der Waals surface area contributed by atoms with Crippen molar-refractivity contribution < 1.29 is 19.1 Å². The molecular formula is C19H28N2O4. The number of nitrogens with zero attached hydrogens (tertiary/aromatic N) is 1. The summed E-state index contributed by atoms with van der Waals surface area (Å²) in [5, 5.41) is 2.84. The fourth-order valence-corrected chi connectivity index (χ4v) is 2.39. The summed E-state index contributed by atoms with van der Waals surface area (Å²) in [6.07, 6.45) is 3.69. The Labute approximate surface area is 149 Å². The molecule has 0 unspecified atom stereocenters. The van der Waals surface area contributed by atoms with E-state index in [1.54, 1.807) is 26.3 Å². The molecule has 0 heterocycles. The summed E-state index contributed by atoms with van der Waals surface area (Å²) in [4.78, 5) is 26.1. The number of carbonyl (C=O) groups is 2. The number of carbonyl (C=O) groups excluding carboxylic acids is 2. The number of likely N-dealkylation sites (N-methyl/N-ethyl adjacent to an activating group) is 1. The summed E-state index contributed by atoms with van der Waals surface area (Å²) < 4.78 is 10.7. The minimum Gasteiger partial charge on any atom is -0.493 e. The van der Waals surface area contributed by atoms with Gasteiger partial charge in [0.25, 0.3) is 5.91 Å². The molecule has 0 aliphatic heterocycles. The second kappa shape index (κ2) is 8.55. The maximum absolute atomic E-state index is 12.7. The Bertz CT molecular complexity index is 660. The topological polar surface area (TPSA) is 67.9 Å². The zero-order valence-corrected chi connectivity index (χ0v) is 16.1. The lowest BCUT2D eigenvalue weighted by atomic mass is 10.1. The Morgan fingerprint density at radius 1 is 1.20 bits per heavy atom. The third kappa shape index (κ3) is 5.81. The Kier molecular flexibility index (Phi) is 7.03. The van der Waals surface area contributed by atoms with E-state index >= 15 is 0 Å². The molecule has 0 aromatic heterocycles. The first-order valence-corrected chi connectivity index (χ1v) is 8.08. The number of methoxy groups -OCH3 is 2. The van der Waals surface area contributed by atoms with Crippen molar-refractivity contribution >= 4 is 17.9 Å². The number of benzene rings is 1. The van der Waals surface area contributed by atoms with E-state index in [1.165, 1.54) is 12.0 Å². The van der Waals surface area contributed by atoms with Gasteiger partial charge in [-0.25, -0.2) is 0 Å². The second-order valence-corrected chi connectivity index (χ2v) is 6.76. The second-order valence-electron chi connectivity index (χ2n) is 6.76. The number of nitrogens with one attached hydrogen (secondary N) is 1. The molecule has 1 rings (SSSR count). The monoisotopic (exact) mass is 348 g/mol. The van der Waals surface area contributed by atoms with E-state index in [0.29, 0.717) is 17.1 Å². The molecule has 0 atom stereocenters. The minimum atomic E-state index is -0.344. The lowest BCUT2D eigenvalue weighted by molar-refractivity contribution is -0.122. The van der Waals surface area contributed by atoms with E-state index in [1.807, 2.05) is 39.8 Å². The molecule has 0 radical (unpaired) electrons. The Hall–Kier alpha value is -2.50. The van der Waals surface area contributed by atoms with Gasteiger partial charge in [-0.15, -0.1) is 0 Å². The average molecular weight is 348 g/mol. The van der Waals surface area contributed by atoms with Gasteiger partial charge in [-0.2, -0.15) is 0 Å². The number of hydrogen-bond acceptors (Lipinski definition) is 4. The van der Waals surface area contributed by atoms with Crippen LogP contribution in [0.3, 0.4) is 0 Å². The molecule has 0 saturated carbocycles. The molecular weight excluding hydrogens is 320 g/mol. The number of hydrogen-bond donors (Lipinski definition) is 1. The largest absolute Gasteiger partial charge is 0.493 e. The van der Waals surface area contributed by atoms with Crippen molar-refractivity contribution in [3.05, 3.63) is 29.3 Å². The quantitative estimate of drug-likeness (QED) is 0.858. The summed E-state index contributed by atoms with van der Waals surface area (Å²) in [7, 11) is 4.66. The van der Waals surface area contributed by atoms with Gasteiger partial charge < -0.3 is 19.7 Å². The molecule has 6 nitrogen and oxygen atoms in total. The molecule has 6 heteroatoms. The molecule has 0 fully saturated rings. The van der Waals surface area contributed by atoms with Crippen molar-refractivity contribution in [1.29, 1.82) is 0 Å². The molecule has 2 amide bonds. The summed E-state index contributed by atoms with van der Waals surface area (Å²) >= 11 is 0. The van der Waals surface area contributed by atoms with Crippen LogP contribution in [0.1, 0.15) is 43.6 Å². The van der Waals surface area contributed by atoms with Crippen LogP contribution >= 0.6 is 0 Å². The van der Waals surface area contributed by atoms with E-state index in [2.05, 4.69) is 5.32 Å². The molecule has 0 aliphatic carbocycles. The zero-order chi connectivity index (χ0) is 19.2. The molecule has 138 valence electrons. The Morgan fingerprint density at radius 3 is 2.32 bits per heavy atom. The lowest BCUT2D eigenvalue weighted by Crippen LogP contribution is -2.46. The highest BCUT2D eigenvalue weighted by Gasteiger charge is 2.21. The average Bonchev–Trinajstić information content (AvgIpc) is 2.51. The van der Waals surface area contributed by atoms with Gasteiger partial charge in [-0.05, 0) is 39.8 Å². The molecule has 0 spiro atoms. The Balaban J connectivity index is 3.08. The smallest absolute Gasteiger partial charge is 0.254 e. The van der Waals surface area contributed by atoms with Crippen LogP contribution in [0.5, 0.6) is 11.5 Å². The van der Waals surface area contributed by atoms with Crippen molar-refractivity contribution in [1.82, 2.24) is 10.2 Å². The molecule has 0 bridgehead atoms. The molecule has 0 saturated heterocycles. The van der Waals surface area contributed by atoms with Crippen molar-refractivity contribution in [2.75, 3.05) is 27.8 Å². The van der Waals surface area contributed by atoms with Crippen molar-refractivity contribution in [3.8, 4) is 11.5 Å². The molecule has 1 aromatic rings. The van der Waals surface area contributed by atoms with Gasteiger partial charge in [0, 0.05) is 23.7 Å². The summed E-state index contributed by atoms with van der Waals surface area (Å²) in [6, 6.07) is 3.34. The lowest BCUT2D eigenvalue weighted by Gasteiger charge is -2.23. The van der Waals surface area contributed by atoms with E-state index in [4.69, 9.17) is 9.47 Å². The highest BCUT2D eigenvalue weighted by molar-refractivity contribution is 5.97. The molecule has 1 N–H and O–H groups in total. The maximum atomic E-state index is 12.7. The number of rotatable bonds is 6. The normalized spacial score (nSPS) is 11.3. The van der Waals surface area contributed by atoms with Gasteiger partial charge in [0.05, 0.1) is 20.8 Å².